The molecule has 5 heteroatoms. The number of hydrogen-bond donors (Lipinski definition) is 2. The second-order valence-electron chi connectivity index (χ2n) is 4.07. The van der Waals surface area contributed by atoms with E-state index in [1.54, 1.807) is 6.07 Å². The lowest BCUT2D eigenvalue weighted by atomic mass is 10.1. The average Bonchev–Trinajstić information content (AvgIpc) is 2.30. The highest BCUT2D eigenvalue weighted by molar-refractivity contribution is 6.39. The molecule has 0 aromatic heterocycles. The third-order valence-electron chi connectivity index (χ3n) is 2.45. The topological polar surface area (TPSA) is 82.0 Å². The van der Waals surface area contributed by atoms with Crippen molar-refractivity contribution in [1.29, 1.82) is 5.26 Å². The van der Waals surface area contributed by atoms with Crippen molar-refractivity contribution in [3.8, 4) is 6.07 Å². The van der Waals surface area contributed by atoms with Crippen LogP contribution in [0.1, 0.15) is 16.7 Å². The molecule has 0 saturated heterocycles. The molecule has 2 amide bonds. The standard InChI is InChI=1S/C13H15N3O2/c1-8-6-9(2)11(10(3)7-8)16-13(18)12(17)15-5-4-14/h6-7H,5H2,1-3H3,(H,15,17)(H,16,18). The molecular weight excluding hydrogens is 230 g/mol. The van der Waals surface area contributed by atoms with E-state index >= 15 is 0 Å². The van der Waals surface area contributed by atoms with Crippen LogP contribution in [0.5, 0.6) is 0 Å². The number of hydrogen-bond acceptors (Lipinski definition) is 3. The summed E-state index contributed by atoms with van der Waals surface area (Å²) in [7, 11) is 0. The summed E-state index contributed by atoms with van der Waals surface area (Å²) in [6.45, 7) is 5.51. The van der Waals surface area contributed by atoms with E-state index in [9.17, 15) is 9.59 Å². The Morgan fingerprint density at radius 1 is 1.17 bits per heavy atom. The molecule has 94 valence electrons. The summed E-state index contributed by atoms with van der Waals surface area (Å²) in [5, 5.41) is 13.1. The van der Waals surface area contributed by atoms with Gasteiger partial charge < -0.3 is 10.6 Å². The zero-order chi connectivity index (χ0) is 13.7. The minimum atomic E-state index is -0.809. The van der Waals surface area contributed by atoms with E-state index in [2.05, 4.69) is 10.6 Å². The number of carbonyl (C=O) groups excluding carboxylic acids is 2. The second-order valence-corrected chi connectivity index (χ2v) is 4.07. The molecule has 0 atom stereocenters. The first-order chi connectivity index (χ1) is 8.45. The molecule has 0 heterocycles. The van der Waals surface area contributed by atoms with Crippen LogP contribution in [0.15, 0.2) is 12.1 Å². The number of amides is 2. The fourth-order valence-corrected chi connectivity index (χ4v) is 1.75. The van der Waals surface area contributed by atoms with E-state index < -0.39 is 11.8 Å². The van der Waals surface area contributed by atoms with Crippen LogP contribution in [0.3, 0.4) is 0 Å². The first-order valence-corrected chi connectivity index (χ1v) is 5.49. The van der Waals surface area contributed by atoms with Gasteiger partial charge in [-0.25, -0.2) is 0 Å². The van der Waals surface area contributed by atoms with Crippen molar-refractivity contribution in [2.24, 2.45) is 0 Å². The molecule has 1 rings (SSSR count). The average molecular weight is 245 g/mol. The van der Waals surface area contributed by atoms with E-state index in [1.165, 1.54) is 0 Å². The minimum absolute atomic E-state index is 0.182. The molecule has 0 radical (unpaired) electrons. The number of rotatable bonds is 2. The van der Waals surface area contributed by atoms with Crippen LogP contribution in [0, 0.1) is 32.1 Å². The maximum absolute atomic E-state index is 11.6. The van der Waals surface area contributed by atoms with E-state index in [1.807, 2.05) is 32.9 Å². The van der Waals surface area contributed by atoms with Crippen molar-refractivity contribution >= 4 is 17.5 Å². The molecule has 0 aliphatic rings. The predicted molar refractivity (Wildman–Crippen MR) is 67.9 cm³/mol. The first-order valence-electron chi connectivity index (χ1n) is 5.49. The molecule has 0 fully saturated rings. The van der Waals surface area contributed by atoms with Gasteiger partial charge in [-0.2, -0.15) is 5.26 Å². The van der Waals surface area contributed by atoms with Crippen LogP contribution in [0.25, 0.3) is 0 Å². The minimum Gasteiger partial charge on any atom is -0.335 e. The summed E-state index contributed by atoms with van der Waals surface area (Å²) in [4.78, 5) is 22.9. The predicted octanol–water partition coefficient (Wildman–Crippen LogP) is 1.19. The number of aryl methyl sites for hydroxylation is 3. The Morgan fingerprint density at radius 3 is 2.22 bits per heavy atom. The van der Waals surface area contributed by atoms with Gasteiger partial charge in [0.1, 0.15) is 6.54 Å². The molecule has 2 N–H and O–H groups in total. The smallest absolute Gasteiger partial charge is 0.313 e. The van der Waals surface area contributed by atoms with Gasteiger partial charge in [-0.15, -0.1) is 0 Å². The summed E-state index contributed by atoms with van der Waals surface area (Å²) in [5.41, 5.74) is 3.53. The fraction of sp³-hybridized carbons (Fsp3) is 0.308. The summed E-state index contributed by atoms with van der Waals surface area (Å²) in [6.07, 6.45) is 0. The fourth-order valence-electron chi connectivity index (χ4n) is 1.75. The zero-order valence-electron chi connectivity index (χ0n) is 10.6. The van der Waals surface area contributed by atoms with Crippen LogP contribution in [0.2, 0.25) is 0 Å². The van der Waals surface area contributed by atoms with Crippen molar-refractivity contribution < 1.29 is 9.59 Å². The highest BCUT2D eigenvalue weighted by Crippen LogP contribution is 2.21. The molecule has 0 saturated carbocycles. The molecule has 0 aliphatic carbocycles. The molecule has 0 bridgehead atoms. The number of benzene rings is 1. The van der Waals surface area contributed by atoms with E-state index in [-0.39, 0.29) is 6.54 Å². The van der Waals surface area contributed by atoms with Crippen LogP contribution in [-0.2, 0) is 9.59 Å². The Morgan fingerprint density at radius 2 is 1.72 bits per heavy atom. The molecule has 1 aromatic rings. The lowest BCUT2D eigenvalue weighted by molar-refractivity contribution is -0.136. The van der Waals surface area contributed by atoms with E-state index in [4.69, 9.17) is 5.26 Å². The summed E-state index contributed by atoms with van der Waals surface area (Å²) in [6, 6.07) is 5.59. The second kappa shape index (κ2) is 5.82. The Bertz CT molecular complexity index is 507. The number of nitrogens with one attached hydrogen (secondary N) is 2. The molecule has 0 aliphatic heterocycles. The molecule has 5 nitrogen and oxygen atoms in total. The van der Waals surface area contributed by atoms with Crippen LogP contribution >= 0.6 is 0 Å². The molecule has 18 heavy (non-hydrogen) atoms. The van der Waals surface area contributed by atoms with Crippen molar-refractivity contribution in [1.82, 2.24) is 5.32 Å². The number of nitriles is 1. The van der Waals surface area contributed by atoms with Gasteiger partial charge in [0, 0.05) is 5.69 Å². The van der Waals surface area contributed by atoms with Gasteiger partial charge in [0.15, 0.2) is 0 Å². The maximum atomic E-state index is 11.6. The highest BCUT2D eigenvalue weighted by Gasteiger charge is 2.15. The SMILES string of the molecule is Cc1cc(C)c(NC(=O)C(=O)NCC#N)c(C)c1. The maximum Gasteiger partial charge on any atom is 0.313 e. The lowest BCUT2D eigenvalue weighted by Gasteiger charge is -2.12. The molecule has 1 aromatic carbocycles. The summed E-state index contributed by atoms with van der Waals surface area (Å²) >= 11 is 0. The summed E-state index contributed by atoms with van der Waals surface area (Å²) < 4.78 is 0. The quantitative estimate of drug-likeness (QED) is 0.606. The van der Waals surface area contributed by atoms with Gasteiger partial charge >= 0.3 is 11.8 Å². The van der Waals surface area contributed by atoms with Gasteiger partial charge in [0.05, 0.1) is 6.07 Å². The van der Waals surface area contributed by atoms with Gasteiger partial charge in [-0.3, -0.25) is 9.59 Å². The third-order valence-corrected chi connectivity index (χ3v) is 2.45. The van der Waals surface area contributed by atoms with E-state index in [0.717, 1.165) is 16.7 Å². The normalized spacial score (nSPS) is 9.44. The zero-order valence-corrected chi connectivity index (χ0v) is 10.6. The number of anilines is 1. The lowest BCUT2D eigenvalue weighted by Crippen LogP contribution is -2.35. The number of carbonyl (C=O) groups is 2. The Kier molecular flexibility index (Phi) is 4.44. The first kappa shape index (κ1) is 13.7. The monoisotopic (exact) mass is 245 g/mol. The Labute approximate surface area is 106 Å². The highest BCUT2D eigenvalue weighted by atomic mass is 16.2. The van der Waals surface area contributed by atoms with Crippen LogP contribution in [-0.4, -0.2) is 18.4 Å². The largest absolute Gasteiger partial charge is 0.335 e. The van der Waals surface area contributed by atoms with Gasteiger partial charge in [-0.05, 0) is 31.9 Å². The van der Waals surface area contributed by atoms with Crippen molar-refractivity contribution in [2.75, 3.05) is 11.9 Å². The third kappa shape index (κ3) is 3.32. The molecule has 0 spiro atoms. The Balaban J connectivity index is 2.83. The number of nitrogens with zero attached hydrogens (tertiary/aromatic N) is 1. The van der Waals surface area contributed by atoms with Gasteiger partial charge in [0.2, 0.25) is 0 Å². The van der Waals surface area contributed by atoms with Crippen molar-refractivity contribution in [2.45, 2.75) is 20.8 Å². The van der Waals surface area contributed by atoms with Crippen LogP contribution < -0.4 is 10.6 Å². The van der Waals surface area contributed by atoms with Crippen molar-refractivity contribution in [3.63, 3.8) is 0 Å². The summed E-state index contributed by atoms with van der Waals surface area (Å²) in [5.74, 6) is -1.57. The van der Waals surface area contributed by atoms with Crippen molar-refractivity contribution in [3.05, 3.63) is 28.8 Å². The van der Waals surface area contributed by atoms with Crippen LogP contribution in [0.4, 0.5) is 5.69 Å². The molecular formula is C13H15N3O2. The van der Waals surface area contributed by atoms with Gasteiger partial charge in [0.25, 0.3) is 0 Å². The Hall–Kier alpha value is -2.35. The molecule has 0 unspecified atom stereocenters. The van der Waals surface area contributed by atoms with Gasteiger partial charge in [-0.1, -0.05) is 17.7 Å². The van der Waals surface area contributed by atoms with E-state index in [0.29, 0.717) is 5.69 Å².